The van der Waals surface area contributed by atoms with E-state index in [1.54, 1.807) is 24.7 Å². The Labute approximate surface area is 115 Å². The van der Waals surface area contributed by atoms with Gasteiger partial charge in [-0.05, 0) is 11.6 Å². The van der Waals surface area contributed by atoms with Crippen LogP contribution in [0, 0.1) is 0 Å². The van der Waals surface area contributed by atoms with Crippen molar-refractivity contribution in [3.8, 4) is 0 Å². The molecule has 0 amide bonds. The van der Waals surface area contributed by atoms with Crippen LogP contribution in [0.15, 0.2) is 59.8 Å². The highest BCUT2D eigenvalue weighted by atomic mass is 16.1. The van der Waals surface area contributed by atoms with Gasteiger partial charge in [-0.15, -0.1) is 0 Å². The van der Waals surface area contributed by atoms with Gasteiger partial charge in [0.15, 0.2) is 5.78 Å². The van der Waals surface area contributed by atoms with E-state index in [4.69, 9.17) is 0 Å². The highest BCUT2D eigenvalue weighted by molar-refractivity contribution is 5.80. The average molecular weight is 267 g/mol. The second-order valence-corrected chi connectivity index (χ2v) is 4.59. The van der Waals surface area contributed by atoms with Gasteiger partial charge in [-0.2, -0.15) is 5.10 Å². The molecule has 0 aliphatic heterocycles. The molecule has 0 atom stereocenters. The van der Waals surface area contributed by atoms with Gasteiger partial charge in [0.1, 0.15) is 5.52 Å². The minimum atomic E-state index is -0.202. The summed E-state index contributed by atoms with van der Waals surface area (Å²) < 4.78 is 2.92. The van der Waals surface area contributed by atoms with Crippen molar-refractivity contribution in [3.63, 3.8) is 0 Å². The summed E-state index contributed by atoms with van der Waals surface area (Å²) in [5.74, 6) is 0.00200. The lowest BCUT2D eigenvalue weighted by molar-refractivity contribution is -0.119. The number of rotatable bonds is 4. The lowest BCUT2D eigenvalue weighted by Gasteiger charge is -2.05. The Morgan fingerprint density at radius 3 is 2.70 bits per heavy atom. The molecular weight excluding hydrogens is 254 g/mol. The van der Waals surface area contributed by atoms with Crippen LogP contribution in [-0.2, 0) is 17.8 Å². The summed E-state index contributed by atoms with van der Waals surface area (Å²) in [5.41, 5.74) is 1.22. The minimum Gasteiger partial charge on any atom is -0.305 e. The number of carbonyl (C=O) groups excluding carboxylic acids is 1. The van der Waals surface area contributed by atoms with E-state index in [-0.39, 0.29) is 17.9 Å². The molecule has 20 heavy (non-hydrogen) atoms. The maximum absolute atomic E-state index is 12.1. The second kappa shape index (κ2) is 5.13. The molecule has 5 nitrogen and oxygen atoms in total. The van der Waals surface area contributed by atoms with Crippen molar-refractivity contribution >= 4 is 11.3 Å². The second-order valence-electron chi connectivity index (χ2n) is 4.59. The third-order valence-electron chi connectivity index (χ3n) is 3.13. The van der Waals surface area contributed by atoms with Crippen molar-refractivity contribution in [3.05, 3.63) is 70.9 Å². The van der Waals surface area contributed by atoms with Crippen LogP contribution in [0.25, 0.3) is 5.52 Å². The first kappa shape index (κ1) is 12.3. The molecule has 2 heterocycles. The zero-order chi connectivity index (χ0) is 13.9. The van der Waals surface area contributed by atoms with Crippen molar-refractivity contribution in [2.75, 3.05) is 0 Å². The van der Waals surface area contributed by atoms with Gasteiger partial charge in [0.2, 0.25) is 0 Å². The fraction of sp³-hybridized carbons (Fsp3) is 0.133. The van der Waals surface area contributed by atoms with Crippen molar-refractivity contribution in [1.82, 2.24) is 14.2 Å². The highest BCUT2D eigenvalue weighted by Gasteiger charge is 2.08. The molecule has 0 saturated heterocycles. The molecule has 0 aliphatic rings. The van der Waals surface area contributed by atoms with Crippen LogP contribution in [0.3, 0.4) is 0 Å². The van der Waals surface area contributed by atoms with Gasteiger partial charge < -0.3 is 4.57 Å². The molecule has 100 valence electrons. The molecule has 0 radical (unpaired) electrons. The Bertz CT molecular complexity index is 803. The van der Waals surface area contributed by atoms with Crippen LogP contribution in [0.2, 0.25) is 0 Å². The van der Waals surface area contributed by atoms with Crippen LogP contribution < -0.4 is 5.56 Å². The van der Waals surface area contributed by atoms with Gasteiger partial charge in [0.05, 0.1) is 12.7 Å². The summed E-state index contributed by atoms with van der Waals surface area (Å²) in [4.78, 5) is 24.2. The molecule has 0 bridgehead atoms. The van der Waals surface area contributed by atoms with E-state index in [1.165, 1.54) is 9.08 Å². The molecule has 0 N–H and O–H groups in total. The fourth-order valence-corrected chi connectivity index (χ4v) is 2.15. The van der Waals surface area contributed by atoms with Gasteiger partial charge in [-0.25, -0.2) is 4.52 Å². The van der Waals surface area contributed by atoms with Crippen LogP contribution >= 0.6 is 0 Å². The van der Waals surface area contributed by atoms with E-state index in [0.717, 1.165) is 5.56 Å². The molecule has 1 aromatic carbocycles. The molecule has 2 aromatic heterocycles. The lowest BCUT2D eigenvalue weighted by Crippen LogP contribution is -2.25. The summed E-state index contributed by atoms with van der Waals surface area (Å²) in [6.45, 7) is 0.0788. The maximum Gasteiger partial charge on any atom is 0.276 e. The number of hydrogen-bond donors (Lipinski definition) is 0. The fourth-order valence-electron chi connectivity index (χ4n) is 2.15. The van der Waals surface area contributed by atoms with Gasteiger partial charge >= 0.3 is 0 Å². The zero-order valence-corrected chi connectivity index (χ0v) is 10.8. The number of nitrogens with zero attached hydrogens (tertiary/aromatic N) is 3. The molecule has 0 fully saturated rings. The van der Waals surface area contributed by atoms with E-state index < -0.39 is 0 Å². The van der Waals surface area contributed by atoms with Crippen molar-refractivity contribution in [1.29, 1.82) is 0 Å². The Hall–Kier alpha value is -2.69. The summed E-state index contributed by atoms with van der Waals surface area (Å²) in [5, 5.41) is 3.99. The quantitative estimate of drug-likeness (QED) is 0.716. The van der Waals surface area contributed by atoms with E-state index in [1.807, 2.05) is 30.3 Å². The van der Waals surface area contributed by atoms with Crippen LogP contribution in [0.4, 0.5) is 0 Å². The van der Waals surface area contributed by atoms with Gasteiger partial charge in [0, 0.05) is 18.8 Å². The Kier molecular flexibility index (Phi) is 3.16. The normalized spacial score (nSPS) is 10.8. The molecular formula is C15H13N3O2. The van der Waals surface area contributed by atoms with Gasteiger partial charge in [-0.1, -0.05) is 30.3 Å². The first-order chi connectivity index (χ1) is 9.74. The predicted molar refractivity (Wildman–Crippen MR) is 74.6 cm³/mol. The zero-order valence-electron chi connectivity index (χ0n) is 10.8. The number of benzene rings is 1. The molecule has 5 heteroatoms. The first-order valence-electron chi connectivity index (χ1n) is 6.32. The van der Waals surface area contributed by atoms with Crippen molar-refractivity contribution in [2.45, 2.75) is 13.0 Å². The molecule has 0 saturated carbocycles. The number of hydrogen-bond acceptors (Lipinski definition) is 3. The molecule has 3 rings (SSSR count). The number of ketones is 1. The summed E-state index contributed by atoms with van der Waals surface area (Å²) in [6, 6.07) is 11.1. The molecule has 0 spiro atoms. The van der Waals surface area contributed by atoms with E-state index in [9.17, 15) is 9.59 Å². The molecule has 0 unspecified atom stereocenters. The van der Waals surface area contributed by atoms with E-state index in [0.29, 0.717) is 11.9 Å². The third-order valence-corrected chi connectivity index (χ3v) is 3.13. The van der Waals surface area contributed by atoms with E-state index >= 15 is 0 Å². The van der Waals surface area contributed by atoms with Crippen LogP contribution in [-0.4, -0.2) is 20.0 Å². The number of Topliss-reactive ketones (excluding diaryl/α,β-unsaturated/α-hetero) is 1. The van der Waals surface area contributed by atoms with Crippen molar-refractivity contribution < 1.29 is 4.79 Å². The topological polar surface area (TPSA) is 56.4 Å². The average Bonchev–Trinajstić information content (AvgIpc) is 2.92. The first-order valence-corrected chi connectivity index (χ1v) is 6.32. The smallest absolute Gasteiger partial charge is 0.276 e. The molecule has 0 aliphatic carbocycles. The monoisotopic (exact) mass is 267 g/mol. The summed E-state index contributed by atoms with van der Waals surface area (Å²) >= 11 is 0. The Balaban J connectivity index is 1.81. The largest absolute Gasteiger partial charge is 0.305 e. The van der Waals surface area contributed by atoms with Crippen molar-refractivity contribution in [2.24, 2.45) is 0 Å². The highest BCUT2D eigenvalue weighted by Crippen LogP contribution is 2.01. The third kappa shape index (κ3) is 2.38. The number of carbonyl (C=O) groups is 1. The summed E-state index contributed by atoms with van der Waals surface area (Å²) in [6.07, 6.45) is 5.16. The van der Waals surface area contributed by atoms with Crippen LogP contribution in [0.1, 0.15) is 5.56 Å². The SMILES string of the molecule is O=C(Cc1ccccc1)Cn1ccn2nccc2c1=O. The standard InChI is InChI=1S/C15H13N3O2/c19-13(10-12-4-2-1-3-5-12)11-17-8-9-18-14(15(17)20)6-7-16-18/h1-9H,10-11H2. The summed E-state index contributed by atoms with van der Waals surface area (Å²) in [7, 11) is 0. The number of aromatic nitrogens is 3. The van der Waals surface area contributed by atoms with Crippen LogP contribution in [0.5, 0.6) is 0 Å². The lowest BCUT2D eigenvalue weighted by atomic mass is 10.1. The maximum atomic E-state index is 12.1. The number of fused-ring (bicyclic) bond motifs is 1. The van der Waals surface area contributed by atoms with E-state index in [2.05, 4.69) is 5.10 Å². The predicted octanol–water partition coefficient (Wildman–Crippen LogP) is 1.31. The Morgan fingerprint density at radius 2 is 1.90 bits per heavy atom. The van der Waals surface area contributed by atoms with Gasteiger partial charge in [-0.3, -0.25) is 9.59 Å². The Morgan fingerprint density at radius 1 is 1.10 bits per heavy atom. The minimum absolute atomic E-state index is 0.00200. The molecule has 3 aromatic rings. The van der Waals surface area contributed by atoms with Gasteiger partial charge in [0.25, 0.3) is 5.56 Å².